The minimum absolute atomic E-state index is 0.711. The van der Waals surface area contributed by atoms with Crippen LogP contribution in [0.2, 0.25) is 0 Å². The first kappa shape index (κ1) is 14.8. The highest BCUT2D eigenvalue weighted by atomic mass is 15.2. The molecule has 0 atom stereocenters. The van der Waals surface area contributed by atoms with Gasteiger partial charge in [0, 0.05) is 19.8 Å². The summed E-state index contributed by atoms with van der Waals surface area (Å²) in [6.07, 6.45) is 10.1. The number of nitrogens with zero attached hydrogens (tertiary/aromatic N) is 2. The second-order valence-corrected chi connectivity index (χ2v) is 5.47. The first-order valence-electron chi connectivity index (χ1n) is 7.73. The molecular formula is C16H26N4. The van der Waals surface area contributed by atoms with Gasteiger partial charge in [0.1, 0.15) is 0 Å². The number of hydrogen-bond acceptors (Lipinski definition) is 2. The van der Waals surface area contributed by atoms with Gasteiger partial charge in [-0.05, 0) is 30.9 Å². The van der Waals surface area contributed by atoms with Crippen LogP contribution >= 0.6 is 0 Å². The van der Waals surface area contributed by atoms with Gasteiger partial charge in [0.15, 0.2) is 5.96 Å². The summed E-state index contributed by atoms with van der Waals surface area (Å²) in [5.41, 5.74) is 1.03. The number of aromatic nitrogens is 1. The summed E-state index contributed by atoms with van der Waals surface area (Å²) >= 11 is 0. The predicted octanol–water partition coefficient (Wildman–Crippen LogP) is 2.72. The van der Waals surface area contributed by atoms with Crippen LogP contribution in [0.5, 0.6) is 0 Å². The molecule has 20 heavy (non-hydrogen) atoms. The minimum atomic E-state index is 0.711. The van der Waals surface area contributed by atoms with Gasteiger partial charge in [-0.2, -0.15) is 0 Å². The highest BCUT2D eigenvalue weighted by Gasteiger charge is 2.13. The van der Waals surface area contributed by atoms with E-state index < -0.39 is 0 Å². The number of hydrogen-bond donors (Lipinski definition) is 2. The highest BCUT2D eigenvalue weighted by molar-refractivity contribution is 5.79. The van der Waals surface area contributed by atoms with Crippen LogP contribution in [0.15, 0.2) is 29.4 Å². The first-order chi connectivity index (χ1) is 9.88. The van der Waals surface area contributed by atoms with Crippen molar-refractivity contribution >= 4 is 5.96 Å². The fourth-order valence-electron chi connectivity index (χ4n) is 2.79. The van der Waals surface area contributed by atoms with Crippen LogP contribution in [0.4, 0.5) is 0 Å². The topological polar surface area (TPSA) is 49.3 Å². The molecule has 0 bridgehead atoms. The molecule has 0 unspecified atom stereocenters. The fraction of sp³-hybridized carbons (Fsp3) is 0.625. The molecule has 2 N–H and O–H groups in total. The molecular weight excluding hydrogens is 248 g/mol. The number of guanidine groups is 1. The zero-order chi connectivity index (χ0) is 14.0. The van der Waals surface area contributed by atoms with Crippen molar-refractivity contribution in [2.45, 2.75) is 45.1 Å². The average Bonchev–Trinajstić information content (AvgIpc) is 3.01. The summed E-state index contributed by atoms with van der Waals surface area (Å²) in [6.45, 7) is 1.71. The minimum Gasteiger partial charge on any atom is -0.356 e. The molecule has 1 aliphatic rings. The molecule has 110 valence electrons. The summed E-state index contributed by atoms with van der Waals surface area (Å²) in [4.78, 5) is 8.53. The molecule has 0 aliphatic heterocycles. The van der Waals surface area contributed by atoms with E-state index in [0.717, 1.165) is 24.1 Å². The van der Waals surface area contributed by atoms with E-state index in [1.165, 1.54) is 38.5 Å². The number of pyridine rings is 1. The lowest BCUT2D eigenvalue weighted by atomic mass is 10.0. The first-order valence-corrected chi connectivity index (χ1v) is 7.73. The molecule has 1 aliphatic carbocycles. The molecule has 0 radical (unpaired) electrons. The fourth-order valence-corrected chi connectivity index (χ4v) is 2.79. The maximum Gasteiger partial charge on any atom is 0.191 e. The van der Waals surface area contributed by atoms with E-state index in [-0.39, 0.29) is 0 Å². The Morgan fingerprint density at radius 2 is 2.15 bits per heavy atom. The van der Waals surface area contributed by atoms with E-state index in [2.05, 4.69) is 20.6 Å². The highest BCUT2D eigenvalue weighted by Crippen LogP contribution is 2.28. The third-order valence-corrected chi connectivity index (χ3v) is 3.94. The zero-order valence-electron chi connectivity index (χ0n) is 12.4. The van der Waals surface area contributed by atoms with Crippen molar-refractivity contribution in [2.24, 2.45) is 10.9 Å². The summed E-state index contributed by atoms with van der Waals surface area (Å²) in [7, 11) is 1.81. The Labute approximate surface area is 122 Å². The Bertz CT molecular complexity index is 396. The summed E-state index contributed by atoms with van der Waals surface area (Å²) < 4.78 is 0. The Balaban J connectivity index is 1.60. The van der Waals surface area contributed by atoms with Gasteiger partial charge in [0.2, 0.25) is 0 Å². The van der Waals surface area contributed by atoms with Gasteiger partial charge in [-0.1, -0.05) is 31.7 Å². The van der Waals surface area contributed by atoms with E-state index in [4.69, 9.17) is 0 Å². The van der Waals surface area contributed by atoms with E-state index in [9.17, 15) is 0 Å². The summed E-state index contributed by atoms with van der Waals surface area (Å²) in [5, 5.41) is 6.67. The van der Waals surface area contributed by atoms with Crippen molar-refractivity contribution in [2.75, 3.05) is 13.6 Å². The van der Waals surface area contributed by atoms with Crippen LogP contribution in [0.25, 0.3) is 0 Å². The van der Waals surface area contributed by atoms with Crippen molar-refractivity contribution in [3.63, 3.8) is 0 Å². The van der Waals surface area contributed by atoms with Crippen LogP contribution in [0.3, 0.4) is 0 Å². The lowest BCUT2D eigenvalue weighted by Crippen LogP contribution is -2.37. The molecule has 1 aromatic rings. The maximum absolute atomic E-state index is 4.29. The maximum atomic E-state index is 4.29. The van der Waals surface area contributed by atoms with Crippen molar-refractivity contribution in [1.82, 2.24) is 15.6 Å². The normalized spacial score (nSPS) is 16.4. The summed E-state index contributed by atoms with van der Waals surface area (Å²) in [5.74, 6) is 1.84. The lowest BCUT2D eigenvalue weighted by molar-refractivity contribution is 0.481. The van der Waals surface area contributed by atoms with E-state index in [1.54, 1.807) is 0 Å². The second kappa shape index (κ2) is 8.56. The van der Waals surface area contributed by atoms with Gasteiger partial charge in [0.25, 0.3) is 0 Å². The van der Waals surface area contributed by atoms with E-state index in [0.29, 0.717) is 6.54 Å². The average molecular weight is 274 g/mol. The summed E-state index contributed by atoms with van der Waals surface area (Å²) in [6, 6.07) is 5.95. The Morgan fingerprint density at radius 3 is 2.85 bits per heavy atom. The van der Waals surface area contributed by atoms with Crippen molar-refractivity contribution < 1.29 is 0 Å². The number of rotatable bonds is 6. The molecule has 1 heterocycles. The molecule has 0 amide bonds. The third-order valence-electron chi connectivity index (χ3n) is 3.94. The zero-order valence-corrected chi connectivity index (χ0v) is 12.4. The van der Waals surface area contributed by atoms with Gasteiger partial charge in [-0.25, -0.2) is 0 Å². The van der Waals surface area contributed by atoms with Gasteiger partial charge in [-0.15, -0.1) is 0 Å². The van der Waals surface area contributed by atoms with Crippen molar-refractivity contribution in [3.05, 3.63) is 30.1 Å². The molecule has 4 nitrogen and oxygen atoms in total. The SMILES string of the molecule is CN=C(NCCCC1CCCC1)NCc1ccccn1. The van der Waals surface area contributed by atoms with E-state index in [1.807, 2.05) is 31.4 Å². The molecule has 0 aromatic carbocycles. The molecule has 0 saturated heterocycles. The number of aliphatic imine (C=N–C) groups is 1. The van der Waals surface area contributed by atoms with Gasteiger partial charge >= 0.3 is 0 Å². The Kier molecular flexibility index (Phi) is 6.35. The molecule has 4 heteroatoms. The van der Waals surface area contributed by atoms with Crippen LogP contribution in [0, 0.1) is 5.92 Å². The Morgan fingerprint density at radius 1 is 1.30 bits per heavy atom. The molecule has 1 saturated carbocycles. The lowest BCUT2D eigenvalue weighted by Gasteiger charge is -2.13. The quantitative estimate of drug-likeness (QED) is 0.476. The van der Waals surface area contributed by atoms with Crippen molar-refractivity contribution in [3.8, 4) is 0 Å². The second-order valence-electron chi connectivity index (χ2n) is 5.47. The predicted molar refractivity (Wildman–Crippen MR) is 83.6 cm³/mol. The molecule has 0 spiro atoms. The smallest absolute Gasteiger partial charge is 0.191 e. The van der Waals surface area contributed by atoms with Gasteiger partial charge < -0.3 is 10.6 Å². The monoisotopic (exact) mass is 274 g/mol. The number of nitrogens with one attached hydrogen (secondary N) is 2. The van der Waals surface area contributed by atoms with Crippen LogP contribution in [-0.2, 0) is 6.54 Å². The van der Waals surface area contributed by atoms with Crippen molar-refractivity contribution in [1.29, 1.82) is 0 Å². The van der Waals surface area contributed by atoms with Gasteiger partial charge in [0.05, 0.1) is 12.2 Å². The standard InChI is InChI=1S/C16H26N4/c1-17-16(20-13-15-10-4-5-11-18-15)19-12-6-9-14-7-2-3-8-14/h4-5,10-11,14H,2-3,6-9,12-13H2,1H3,(H2,17,19,20). The molecule has 1 fully saturated rings. The van der Waals surface area contributed by atoms with Gasteiger partial charge in [-0.3, -0.25) is 9.98 Å². The third kappa shape index (κ3) is 5.19. The van der Waals surface area contributed by atoms with Crippen LogP contribution in [-0.4, -0.2) is 24.5 Å². The molecule has 2 rings (SSSR count). The largest absolute Gasteiger partial charge is 0.356 e. The van der Waals surface area contributed by atoms with Crippen LogP contribution in [0.1, 0.15) is 44.2 Å². The van der Waals surface area contributed by atoms with Crippen LogP contribution < -0.4 is 10.6 Å². The van der Waals surface area contributed by atoms with E-state index >= 15 is 0 Å². The molecule has 1 aromatic heterocycles. The Hall–Kier alpha value is -1.58.